The minimum absolute atomic E-state index is 0.146. The maximum absolute atomic E-state index is 13.3. The summed E-state index contributed by atoms with van der Waals surface area (Å²) in [4.78, 5) is 42.3. The first-order valence-corrected chi connectivity index (χ1v) is 11.0. The van der Waals surface area contributed by atoms with Crippen LogP contribution in [0.4, 0.5) is 0 Å². The minimum Gasteiger partial charge on any atom is -0.459 e. The predicted molar refractivity (Wildman–Crippen MR) is 108 cm³/mol. The number of rotatable bonds is 5. The number of carbonyl (C=O) groups is 3. The molecule has 2 aliphatic heterocycles. The Morgan fingerprint density at radius 2 is 1.97 bits per heavy atom. The van der Waals surface area contributed by atoms with E-state index < -0.39 is 11.8 Å². The molecule has 0 aromatic carbocycles. The molecular formula is C22H31N3O5. The van der Waals surface area contributed by atoms with Gasteiger partial charge >= 0.3 is 0 Å². The lowest BCUT2D eigenvalue weighted by atomic mass is 9.83. The van der Waals surface area contributed by atoms with Gasteiger partial charge in [-0.25, -0.2) is 0 Å². The van der Waals surface area contributed by atoms with Gasteiger partial charge in [0.1, 0.15) is 11.8 Å². The van der Waals surface area contributed by atoms with Crippen molar-refractivity contribution >= 4 is 17.7 Å². The normalized spacial score (nSPS) is 23.6. The number of hydrogen-bond acceptors (Lipinski definition) is 5. The first kappa shape index (κ1) is 20.9. The van der Waals surface area contributed by atoms with Crippen LogP contribution in [-0.4, -0.2) is 65.5 Å². The Hall–Kier alpha value is -2.35. The molecule has 4 rings (SSSR count). The first-order chi connectivity index (χ1) is 14.4. The lowest BCUT2D eigenvalue weighted by Gasteiger charge is -2.45. The van der Waals surface area contributed by atoms with Gasteiger partial charge in [-0.15, -0.1) is 0 Å². The van der Waals surface area contributed by atoms with E-state index in [1.165, 1.54) is 6.26 Å². The van der Waals surface area contributed by atoms with Crippen LogP contribution in [0.5, 0.6) is 0 Å². The van der Waals surface area contributed by atoms with Crippen LogP contribution in [0.3, 0.4) is 0 Å². The van der Waals surface area contributed by atoms with Crippen LogP contribution >= 0.6 is 0 Å². The number of nitrogens with one attached hydrogen (secondary N) is 1. The average molecular weight is 418 g/mol. The van der Waals surface area contributed by atoms with Crippen molar-refractivity contribution in [2.75, 3.05) is 26.2 Å². The van der Waals surface area contributed by atoms with Gasteiger partial charge in [0.2, 0.25) is 11.8 Å². The summed E-state index contributed by atoms with van der Waals surface area (Å²) in [6, 6.07) is 2.55. The van der Waals surface area contributed by atoms with Gasteiger partial charge in [-0.2, -0.15) is 0 Å². The maximum Gasteiger partial charge on any atom is 0.292 e. The fraction of sp³-hybridized carbons (Fsp3) is 0.682. The molecule has 2 saturated heterocycles. The molecule has 3 fully saturated rings. The van der Waals surface area contributed by atoms with Gasteiger partial charge in [0, 0.05) is 38.4 Å². The number of piperidine rings is 1. The largest absolute Gasteiger partial charge is 0.459 e. The molecule has 8 heteroatoms. The van der Waals surface area contributed by atoms with E-state index in [0.29, 0.717) is 38.4 Å². The van der Waals surface area contributed by atoms with E-state index in [0.717, 1.165) is 19.3 Å². The summed E-state index contributed by atoms with van der Waals surface area (Å²) in [5.74, 6) is 0.298. The summed E-state index contributed by atoms with van der Waals surface area (Å²) in [7, 11) is 0. The van der Waals surface area contributed by atoms with Gasteiger partial charge in [0.05, 0.1) is 12.9 Å². The quantitative estimate of drug-likeness (QED) is 0.791. The van der Waals surface area contributed by atoms with Crippen LogP contribution in [0.15, 0.2) is 22.8 Å². The molecular weight excluding hydrogens is 386 g/mol. The molecule has 3 amide bonds. The molecule has 164 valence electrons. The van der Waals surface area contributed by atoms with Crippen LogP contribution in [-0.2, 0) is 14.3 Å². The molecule has 1 aliphatic carbocycles. The Kier molecular flexibility index (Phi) is 5.86. The lowest BCUT2D eigenvalue weighted by molar-refractivity contribution is -0.149. The minimum atomic E-state index is -0.889. The van der Waals surface area contributed by atoms with Crippen molar-refractivity contribution in [2.45, 2.75) is 57.7 Å². The predicted octanol–water partition coefficient (Wildman–Crippen LogP) is 2.01. The summed E-state index contributed by atoms with van der Waals surface area (Å²) >= 11 is 0. The Labute approximate surface area is 176 Å². The van der Waals surface area contributed by atoms with E-state index in [1.54, 1.807) is 17.0 Å². The number of carbonyl (C=O) groups excluding carboxylic acids is 3. The van der Waals surface area contributed by atoms with E-state index >= 15 is 0 Å². The van der Waals surface area contributed by atoms with E-state index in [-0.39, 0.29) is 36.0 Å². The first-order valence-electron chi connectivity index (χ1n) is 11.0. The Bertz CT molecular complexity index is 779. The molecule has 1 aromatic rings. The lowest BCUT2D eigenvalue weighted by Crippen LogP contribution is -2.60. The van der Waals surface area contributed by atoms with Gasteiger partial charge in [0.25, 0.3) is 5.91 Å². The van der Waals surface area contributed by atoms with E-state index in [9.17, 15) is 14.4 Å². The van der Waals surface area contributed by atoms with Crippen molar-refractivity contribution in [2.24, 2.45) is 11.8 Å². The molecule has 3 heterocycles. The van der Waals surface area contributed by atoms with Crippen molar-refractivity contribution in [3.8, 4) is 0 Å². The van der Waals surface area contributed by atoms with Crippen LogP contribution in [0.25, 0.3) is 0 Å². The number of amides is 3. The average Bonchev–Trinajstić information content (AvgIpc) is 3.33. The SMILES string of the molecule is CC(C)CNC(=O)[C@H]1COC2(CCN(C(=O)C3CCC3)CC2)N1C(=O)c1ccco1. The fourth-order valence-corrected chi connectivity index (χ4v) is 4.50. The summed E-state index contributed by atoms with van der Waals surface area (Å²) in [5.41, 5.74) is -0.889. The highest BCUT2D eigenvalue weighted by Gasteiger charge is 2.55. The third-order valence-corrected chi connectivity index (χ3v) is 6.51. The maximum atomic E-state index is 13.3. The van der Waals surface area contributed by atoms with E-state index in [1.807, 2.05) is 18.7 Å². The van der Waals surface area contributed by atoms with E-state index in [4.69, 9.17) is 9.15 Å². The second kappa shape index (κ2) is 8.41. The van der Waals surface area contributed by atoms with Crippen molar-refractivity contribution in [1.29, 1.82) is 0 Å². The zero-order valence-electron chi connectivity index (χ0n) is 17.8. The Balaban J connectivity index is 1.52. The number of likely N-dealkylation sites (tertiary alicyclic amines) is 1. The topological polar surface area (TPSA) is 92.1 Å². The van der Waals surface area contributed by atoms with Crippen molar-refractivity contribution in [3.63, 3.8) is 0 Å². The number of nitrogens with zero attached hydrogens (tertiary/aromatic N) is 2. The zero-order chi connectivity index (χ0) is 21.3. The standard InChI is InChI=1S/C22H31N3O5/c1-15(2)13-23-19(26)17-14-30-22(25(17)21(28)18-7-4-12-29-18)8-10-24(11-9-22)20(27)16-5-3-6-16/h4,7,12,15-17H,3,5-6,8-11,13-14H2,1-2H3,(H,23,26)/t17-/m1/s1. The highest BCUT2D eigenvalue weighted by molar-refractivity contribution is 5.96. The highest BCUT2D eigenvalue weighted by atomic mass is 16.5. The molecule has 1 spiro atoms. The summed E-state index contributed by atoms with van der Waals surface area (Å²) in [5, 5.41) is 2.93. The van der Waals surface area contributed by atoms with Gasteiger partial charge in [-0.3, -0.25) is 19.3 Å². The number of furan rings is 1. The van der Waals surface area contributed by atoms with Gasteiger partial charge < -0.3 is 19.4 Å². The van der Waals surface area contributed by atoms with Gasteiger partial charge in [-0.1, -0.05) is 20.3 Å². The third-order valence-electron chi connectivity index (χ3n) is 6.51. The molecule has 1 aromatic heterocycles. The molecule has 1 atom stereocenters. The smallest absolute Gasteiger partial charge is 0.292 e. The number of hydrogen-bond donors (Lipinski definition) is 1. The van der Waals surface area contributed by atoms with Gasteiger partial charge in [-0.05, 0) is 30.9 Å². The van der Waals surface area contributed by atoms with Crippen LogP contribution in [0, 0.1) is 11.8 Å². The second-order valence-corrected chi connectivity index (χ2v) is 9.02. The molecule has 3 aliphatic rings. The second-order valence-electron chi connectivity index (χ2n) is 9.02. The van der Waals surface area contributed by atoms with Crippen LogP contribution in [0.1, 0.15) is 56.5 Å². The summed E-state index contributed by atoms with van der Waals surface area (Å²) < 4.78 is 11.5. The van der Waals surface area contributed by atoms with Crippen LogP contribution < -0.4 is 5.32 Å². The van der Waals surface area contributed by atoms with Gasteiger partial charge in [0.15, 0.2) is 5.76 Å². The summed E-state index contributed by atoms with van der Waals surface area (Å²) in [6.07, 6.45) is 5.49. The Morgan fingerprint density at radius 3 is 2.53 bits per heavy atom. The van der Waals surface area contributed by atoms with E-state index in [2.05, 4.69) is 5.32 Å². The highest BCUT2D eigenvalue weighted by Crippen LogP contribution is 2.39. The molecule has 30 heavy (non-hydrogen) atoms. The monoisotopic (exact) mass is 417 g/mol. The van der Waals surface area contributed by atoms with Crippen molar-refractivity contribution in [1.82, 2.24) is 15.1 Å². The number of ether oxygens (including phenoxy) is 1. The van der Waals surface area contributed by atoms with Crippen molar-refractivity contribution in [3.05, 3.63) is 24.2 Å². The third kappa shape index (κ3) is 3.85. The Morgan fingerprint density at radius 1 is 1.23 bits per heavy atom. The summed E-state index contributed by atoms with van der Waals surface area (Å²) in [6.45, 7) is 5.78. The molecule has 0 bridgehead atoms. The van der Waals surface area contributed by atoms with Crippen molar-refractivity contribution < 1.29 is 23.5 Å². The zero-order valence-corrected chi connectivity index (χ0v) is 17.8. The van der Waals surface area contributed by atoms with Crippen LogP contribution in [0.2, 0.25) is 0 Å². The molecule has 1 saturated carbocycles. The molecule has 8 nitrogen and oxygen atoms in total. The fourth-order valence-electron chi connectivity index (χ4n) is 4.50. The molecule has 0 unspecified atom stereocenters. The molecule has 1 N–H and O–H groups in total. The molecule has 0 radical (unpaired) electrons.